The van der Waals surface area contributed by atoms with Gasteiger partial charge in [0.25, 0.3) is 5.91 Å². The number of amides is 2. The third kappa shape index (κ3) is 5.60. The van der Waals surface area contributed by atoms with Crippen LogP contribution in [0.4, 0.5) is 0 Å². The van der Waals surface area contributed by atoms with E-state index in [0.29, 0.717) is 24.3 Å². The van der Waals surface area contributed by atoms with Crippen molar-refractivity contribution in [1.29, 1.82) is 0 Å². The largest absolute Gasteiger partial charge is 0.348 e. The summed E-state index contributed by atoms with van der Waals surface area (Å²) in [6, 6.07) is 9.80. The van der Waals surface area contributed by atoms with Crippen LogP contribution >= 0.6 is 0 Å². The molecule has 1 saturated heterocycles. The Bertz CT molecular complexity index is 854. The van der Waals surface area contributed by atoms with Crippen molar-refractivity contribution in [3.8, 4) is 0 Å². The molecule has 0 aliphatic carbocycles. The summed E-state index contributed by atoms with van der Waals surface area (Å²) in [7, 11) is 3.55. The van der Waals surface area contributed by atoms with E-state index in [0.717, 1.165) is 37.3 Å². The number of benzene rings is 1. The minimum absolute atomic E-state index is 0.105. The molecule has 1 aromatic heterocycles. The summed E-state index contributed by atoms with van der Waals surface area (Å²) in [5.41, 5.74) is 2.23. The van der Waals surface area contributed by atoms with Crippen molar-refractivity contribution in [3.05, 3.63) is 59.2 Å². The van der Waals surface area contributed by atoms with Crippen LogP contribution in [0.1, 0.15) is 46.2 Å². The van der Waals surface area contributed by atoms with Gasteiger partial charge in [0.05, 0.1) is 17.8 Å². The zero-order valence-corrected chi connectivity index (χ0v) is 17.4. The van der Waals surface area contributed by atoms with E-state index in [1.165, 1.54) is 0 Å². The maximum Gasteiger partial charge on any atom is 0.254 e. The van der Waals surface area contributed by atoms with E-state index in [1.54, 1.807) is 25.2 Å². The van der Waals surface area contributed by atoms with Crippen molar-refractivity contribution in [1.82, 2.24) is 25.1 Å². The molecule has 7 heteroatoms. The molecule has 1 aliphatic heterocycles. The summed E-state index contributed by atoms with van der Waals surface area (Å²) < 4.78 is 0. The summed E-state index contributed by atoms with van der Waals surface area (Å²) in [5.74, 6) is 0.871. The molecule has 1 fully saturated rings. The summed E-state index contributed by atoms with van der Waals surface area (Å²) in [6.45, 7) is 4.41. The number of carbonyl (C=O) groups excluding carboxylic acids is 2. The second-order valence-corrected chi connectivity index (χ2v) is 7.76. The van der Waals surface area contributed by atoms with Crippen molar-refractivity contribution >= 4 is 11.8 Å². The van der Waals surface area contributed by atoms with Gasteiger partial charge in [-0.3, -0.25) is 14.5 Å². The highest BCUT2D eigenvalue weighted by molar-refractivity contribution is 5.94. The average Bonchev–Trinajstić information content (AvgIpc) is 2.72. The molecule has 0 radical (unpaired) electrons. The van der Waals surface area contributed by atoms with Crippen molar-refractivity contribution < 1.29 is 9.59 Å². The van der Waals surface area contributed by atoms with Gasteiger partial charge in [-0.1, -0.05) is 30.3 Å². The van der Waals surface area contributed by atoms with Crippen LogP contribution in [0.2, 0.25) is 0 Å². The summed E-state index contributed by atoms with van der Waals surface area (Å²) in [6.07, 6.45) is 3.63. The number of aromatic nitrogens is 2. The molecule has 0 bridgehead atoms. The molecule has 2 amide bonds. The van der Waals surface area contributed by atoms with Crippen LogP contribution in [0, 0.1) is 6.92 Å². The van der Waals surface area contributed by atoms with Crippen molar-refractivity contribution in [2.24, 2.45) is 0 Å². The quantitative estimate of drug-likeness (QED) is 0.809. The van der Waals surface area contributed by atoms with Gasteiger partial charge < -0.3 is 10.2 Å². The Morgan fingerprint density at radius 1 is 1.24 bits per heavy atom. The van der Waals surface area contributed by atoms with E-state index in [9.17, 15) is 9.59 Å². The Labute approximate surface area is 172 Å². The Kier molecular flexibility index (Phi) is 6.93. The van der Waals surface area contributed by atoms with Gasteiger partial charge in [-0.15, -0.1) is 0 Å². The number of nitrogens with one attached hydrogen (secondary N) is 1. The average molecular weight is 396 g/mol. The standard InChI is InChI=1S/C22H29N5O2/c1-16-19(22(29)24-12-17-8-5-4-6-9-17)13-23-21(25-16)18-10-7-11-27(14-18)15-20(28)26(2)3/h4-6,8-9,13,18H,7,10-12,14-15H2,1-3H3,(H,24,29)/t18-/m1/s1. The normalized spacial score (nSPS) is 17.0. The van der Waals surface area contributed by atoms with Crippen LogP contribution in [0.15, 0.2) is 36.5 Å². The highest BCUT2D eigenvalue weighted by Crippen LogP contribution is 2.25. The van der Waals surface area contributed by atoms with Gasteiger partial charge >= 0.3 is 0 Å². The number of piperidine rings is 1. The summed E-state index contributed by atoms with van der Waals surface area (Å²) in [5, 5.41) is 2.92. The van der Waals surface area contributed by atoms with E-state index >= 15 is 0 Å². The molecule has 0 saturated carbocycles. The maximum absolute atomic E-state index is 12.5. The van der Waals surface area contributed by atoms with E-state index in [-0.39, 0.29) is 17.7 Å². The fraction of sp³-hybridized carbons (Fsp3) is 0.455. The van der Waals surface area contributed by atoms with Gasteiger partial charge in [-0.2, -0.15) is 0 Å². The first-order valence-electron chi connectivity index (χ1n) is 10.0. The predicted octanol–water partition coefficient (Wildman–Crippen LogP) is 1.98. The molecular formula is C22H29N5O2. The highest BCUT2D eigenvalue weighted by atomic mass is 16.2. The molecule has 1 atom stereocenters. The lowest BCUT2D eigenvalue weighted by Gasteiger charge is -2.32. The minimum Gasteiger partial charge on any atom is -0.348 e. The first kappa shape index (κ1) is 20.9. The van der Waals surface area contributed by atoms with Crippen LogP contribution in [0.5, 0.6) is 0 Å². The first-order valence-corrected chi connectivity index (χ1v) is 10.0. The van der Waals surface area contributed by atoms with Gasteiger partial charge in [0.2, 0.25) is 5.91 Å². The van der Waals surface area contributed by atoms with Gasteiger partial charge in [-0.25, -0.2) is 9.97 Å². The van der Waals surface area contributed by atoms with Crippen LogP contribution in [-0.2, 0) is 11.3 Å². The van der Waals surface area contributed by atoms with E-state index < -0.39 is 0 Å². The minimum atomic E-state index is -0.167. The summed E-state index contributed by atoms with van der Waals surface area (Å²) >= 11 is 0. The van der Waals surface area contributed by atoms with Crippen LogP contribution in [0.25, 0.3) is 0 Å². The number of likely N-dealkylation sites (N-methyl/N-ethyl adjacent to an activating group) is 1. The Hall–Kier alpha value is -2.80. The smallest absolute Gasteiger partial charge is 0.254 e. The van der Waals surface area contributed by atoms with Crippen molar-refractivity contribution in [2.45, 2.75) is 32.2 Å². The first-order chi connectivity index (χ1) is 13.9. The topological polar surface area (TPSA) is 78.4 Å². The van der Waals surface area contributed by atoms with E-state index in [2.05, 4.69) is 20.2 Å². The Balaban J connectivity index is 1.62. The number of aryl methyl sites for hydroxylation is 1. The molecule has 2 heterocycles. The molecular weight excluding hydrogens is 366 g/mol. The van der Waals surface area contributed by atoms with Gasteiger partial charge in [0.15, 0.2) is 0 Å². The second-order valence-electron chi connectivity index (χ2n) is 7.76. The number of rotatable bonds is 6. The maximum atomic E-state index is 12.5. The van der Waals surface area contributed by atoms with Gasteiger partial charge in [0.1, 0.15) is 5.82 Å². The molecule has 1 aliphatic rings. The predicted molar refractivity (Wildman–Crippen MR) is 111 cm³/mol. The molecule has 7 nitrogen and oxygen atoms in total. The van der Waals surface area contributed by atoms with Crippen molar-refractivity contribution in [3.63, 3.8) is 0 Å². The Morgan fingerprint density at radius 2 is 2.00 bits per heavy atom. The highest BCUT2D eigenvalue weighted by Gasteiger charge is 2.26. The van der Waals surface area contributed by atoms with Crippen LogP contribution < -0.4 is 5.32 Å². The van der Waals surface area contributed by atoms with Crippen molar-refractivity contribution in [2.75, 3.05) is 33.7 Å². The lowest BCUT2D eigenvalue weighted by molar-refractivity contribution is -0.130. The summed E-state index contributed by atoms with van der Waals surface area (Å²) in [4.78, 5) is 37.4. The van der Waals surface area contributed by atoms with E-state index in [4.69, 9.17) is 0 Å². The van der Waals surface area contributed by atoms with Gasteiger partial charge in [0, 0.05) is 39.3 Å². The molecule has 0 spiro atoms. The lowest BCUT2D eigenvalue weighted by Crippen LogP contribution is -2.42. The molecule has 0 unspecified atom stereocenters. The number of carbonyl (C=O) groups is 2. The van der Waals surface area contributed by atoms with Crippen LogP contribution in [-0.4, -0.2) is 65.3 Å². The fourth-order valence-corrected chi connectivity index (χ4v) is 3.52. The lowest BCUT2D eigenvalue weighted by atomic mass is 9.97. The Morgan fingerprint density at radius 3 is 2.69 bits per heavy atom. The monoisotopic (exact) mass is 395 g/mol. The molecule has 1 N–H and O–H groups in total. The molecule has 154 valence electrons. The molecule has 2 aromatic rings. The molecule has 1 aromatic carbocycles. The zero-order chi connectivity index (χ0) is 20.8. The van der Waals surface area contributed by atoms with Gasteiger partial charge in [-0.05, 0) is 31.9 Å². The number of hydrogen-bond donors (Lipinski definition) is 1. The third-order valence-corrected chi connectivity index (χ3v) is 5.27. The molecule has 3 rings (SSSR count). The van der Waals surface area contributed by atoms with Crippen LogP contribution in [0.3, 0.4) is 0 Å². The zero-order valence-electron chi connectivity index (χ0n) is 17.4. The molecule has 29 heavy (non-hydrogen) atoms. The third-order valence-electron chi connectivity index (χ3n) is 5.27. The fourth-order valence-electron chi connectivity index (χ4n) is 3.52. The number of hydrogen-bond acceptors (Lipinski definition) is 5. The number of likely N-dealkylation sites (tertiary alicyclic amines) is 1. The SMILES string of the molecule is Cc1nc([C@@H]2CCCN(CC(=O)N(C)C)C2)ncc1C(=O)NCc1ccccc1. The second kappa shape index (κ2) is 9.60. The number of nitrogens with zero attached hydrogens (tertiary/aromatic N) is 4. The van der Waals surface area contributed by atoms with E-state index in [1.807, 2.05) is 37.3 Å².